The third-order valence-electron chi connectivity index (χ3n) is 4.79. The molecule has 3 aromatic rings. The van der Waals surface area contributed by atoms with Crippen molar-refractivity contribution in [2.45, 2.75) is 26.7 Å². The van der Waals surface area contributed by atoms with Crippen molar-refractivity contribution in [3.63, 3.8) is 0 Å². The number of amides is 3. The van der Waals surface area contributed by atoms with Crippen molar-refractivity contribution >= 4 is 34.8 Å². The summed E-state index contributed by atoms with van der Waals surface area (Å²) in [6, 6.07) is 12.6. The summed E-state index contributed by atoms with van der Waals surface area (Å²) in [6.45, 7) is 7.03. The Bertz CT molecular complexity index is 1190. The number of anilines is 3. The Kier molecular flexibility index (Phi) is 7.64. The second-order valence-corrected chi connectivity index (χ2v) is 7.34. The fourth-order valence-electron chi connectivity index (χ4n) is 3.04. The van der Waals surface area contributed by atoms with Crippen LogP contribution in [0.5, 0.6) is 0 Å². The number of hydrogen-bond donors (Lipinski definition) is 3. The minimum Gasteiger partial charge on any atom is -0.326 e. The molecule has 0 fully saturated rings. The maximum absolute atomic E-state index is 12.7. The molecular weight excluding hydrogens is 418 g/mol. The van der Waals surface area contributed by atoms with E-state index in [-0.39, 0.29) is 17.7 Å². The largest absolute Gasteiger partial charge is 0.326 e. The molecule has 0 saturated heterocycles. The molecule has 0 radical (unpaired) electrons. The lowest BCUT2D eigenvalue weighted by Crippen LogP contribution is -2.15. The van der Waals surface area contributed by atoms with Crippen LogP contribution in [0.25, 0.3) is 0 Å². The summed E-state index contributed by atoms with van der Waals surface area (Å²) in [5.74, 6) is -0.150. The van der Waals surface area contributed by atoms with E-state index < -0.39 is 0 Å². The van der Waals surface area contributed by atoms with Crippen LogP contribution >= 0.6 is 0 Å². The molecule has 0 spiro atoms. The average Bonchev–Trinajstić information content (AvgIpc) is 2.81. The van der Waals surface area contributed by atoms with E-state index in [1.165, 1.54) is 6.08 Å². The third-order valence-corrected chi connectivity index (χ3v) is 4.79. The smallest absolute Gasteiger partial charge is 0.256 e. The van der Waals surface area contributed by atoms with Crippen LogP contribution in [0.2, 0.25) is 0 Å². The van der Waals surface area contributed by atoms with Crippen LogP contribution in [0.3, 0.4) is 0 Å². The van der Waals surface area contributed by atoms with Gasteiger partial charge in [0.1, 0.15) is 5.82 Å². The Morgan fingerprint density at radius 3 is 2.36 bits per heavy atom. The van der Waals surface area contributed by atoms with Crippen LogP contribution in [0.4, 0.5) is 17.1 Å². The monoisotopic (exact) mass is 443 g/mol. The lowest BCUT2D eigenvalue weighted by atomic mass is 10.1. The Balaban J connectivity index is 1.66. The van der Waals surface area contributed by atoms with E-state index in [2.05, 4.69) is 32.5 Å². The number of carbonyl (C=O) groups is 3. The van der Waals surface area contributed by atoms with Crippen molar-refractivity contribution in [2.75, 3.05) is 16.0 Å². The number of nitrogens with one attached hydrogen (secondary N) is 3. The SMILES string of the molecule is C=CC(=O)Nc1cccc(Cc2ncc(NC(=O)c3cc(NC(=O)CC)ccc3C)cn2)c1. The van der Waals surface area contributed by atoms with Gasteiger partial charge >= 0.3 is 0 Å². The van der Waals surface area contributed by atoms with Crippen LogP contribution < -0.4 is 16.0 Å². The standard InChI is InChI=1S/C25H25N5O3/c1-4-23(31)28-18-8-6-7-17(11-18)12-22-26-14-20(15-27-22)30-25(33)21-13-19(10-9-16(21)3)29-24(32)5-2/h4,6-11,13-15H,1,5,12H2,2-3H3,(H,28,31)(H,29,32)(H,30,33). The van der Waals surface area contributed by atoms with Crippen molar-refractivity contribution in [3.05, 3.63) is 90.0 Å². The van der Waals surface area contributed by atoms with Crippen molar-refractivity contribution < 1.29 is 14.4 Å². The molecule has 0 aliphatic rings. The van der Waals surface area contributed by atoms with E-state index in [1.54, 1.807) is 43.6 Å². The first-order chi connectivity index (χ1) is 15.9. The molecule has 0 atom stereocenters. The number of nitrogens with zero attached hydrogens (tertiary/aromatic N) is 2. The third kappa shape index (κ3) is 6.57. The van der Waals surface area contributed by atoms with E-state index in [4.69, 9.17) is 0 Å². The number of hydrogen-bond acceptors (Lipinski definition) is 5. The van der Waals surface area contributed by atoms with Gasteiger partial charge in [0, 0.05) is 29.8 Å². The number of carbonyl (C=O) groups excluding carboxylic acids is 3. The predicted octanol–water partition coefficient (Wildman–Crippen LogP) is 4.10. The molecule has 0 aliphatic heterocycles. The van der Waals surface area contributed by atoms with Gasteiger partial charge in [-0.2, -0.15) is 0 Å². The van der Waals surface area contributed by atoms with E-state index >= 15 is 0 Å². The lowest BCUT2D eigenvalue weighted by molar-refractivity contribution is -0.116. The number of aryl methyl sites for hydroxylation is 1. The molecule has 8 nitrogen and oxygen atoms in total. The van der Waals surface area contributed by atoms with Crippen molar-refractivity contribution in [1.29, 1.82) is 0 Å². The minimum absolute atomic E-state index is 0.122. The Labute approximate surface area is 192 Å². The molecule has 1 heterocycles. The zero-order valence-electron chi connectivity index (χ0n) is 18.5. The molecule has 1 aromatic heterocycles. The van der Waals surface area contributed by atoms with Crippen molar-refractivity contribution in [2.24, 2.45) is 0 Å². The van der Waals surface area contributed by atoms with Crippen LogP contribution in [0, 0.1) is 6.92 Å². The number of rotatable bonds is 8. The van der Waals surface area contributed by atoms with Gasteiger partial charge in [0.15, 0.2) is 0 Å². The van der Waals surface area contributed by atoms with E-state index in [9.17, 15) is 14.4 Å². The predicted molar refractivity (Wildman–Crippen MR) is 128 cm³/mol. The van der Waals surface area contributed by atoms with Crippen LogP contribution in [-0.2, 0) is 16.0 Å². The molecule has 0 bridgehead atoms. The fraction of sp³-hybridized carbons (Fsp3) is 0.160. The molecule has 3 amide bonds. The molecule has 2 aromatic carbocycles. The Hall–Kier alpha value is -4.33. The molecule has 168 valence electrons. The summed E-state index contributed by atoms with van der Waals surface area (Å²) in [5, 5.41) is 8.26. The van der Waals surface area contributed by atoms with Gasteiger partial charge in [0.05, 0.1) is 18.1 Å². The highest BCUT2D eigenvalue weighted by Crippen LogP contribution is 2.18. The van der Waals surface area contributed by atoms with Gasteiger partial charge < -0.3 is 16.0 Å². The first-order valence-electron chi connectivity index (χ1n) is 10.4. The van der Waals surface area contributed by atoms with Crippen LogP contribution in [-0.4, -0.2) is 27.7 Å². The molecule has 0 unspecified atom stereocenters. The lowest BCUT2D eigenvalue weighted by Gasteiger charge is -2.11. The quantitative estimate of drug-likeness (QED) is 0.454. The highest BCUT2D eigenvalue weighted by atomic mass is 16.2. The van der Waals surface area contributed by atoms with E-state index in [0.717, 1.165) is 11.1 Å². The van der Waals surface area contributed by atoms with Crippen LogP contribution in [0.15, 0.2) is 67.5 Å². The fourth-order valence-corrected chi connectivity index (χ4v) is 3.04. The second-order valence-electron chi connectivity index (χ2n) is 7.34. The van der Waals surface area contributed by atoms with E-state index in [0.29, 0.717) is 41.3 Å². The summed E-state index contributed by atoms with van der Waals surface area (Å²) in [4.78, 5) is 44.5. The summed E-state index contributed by atoms with van der Waals surface area (Å²) in [5.41, 5.74) is 3.84. The summed E-state index contributed by atoms with van der Waals surface area (Å²) < 4.78 is 0. The summed E-state index contributed by atoms with van der Waals surface area (Å²) in [7, 11) is 0. The minimum atomic E-state index is -0.317. The van der Waals surface area contributed by atoms with Gasteiger partial charge in [0.2, 0.25) is 11.8 Å². The van der Waals surface area contributed by atoms with Crippen molar-refractivity contribution in [1.82, 2.24) is 9.97 Å². The molecule has 0 saturated carbocycles. The highest BCUT2D eigenvalue weighted by Gasteiger charge is 2.12. The maximum Gasteiger partial charge on any atom is 0.256 e. The van der Waals surface area contributed by atoms with Gasteiger partial charge in [-0.25, -0.2) is 9.97 Å². The molecule has 8 heteroatoms. The summed E-state index contributed by atoms with van der Waals surface area (Å²) >= 11 is 0. The van der Waals surface area contributed by atoms with Crippen LogP contribution in [0.1, 0.15) is 40.7 Å². The summed E-state index contributed by atoms with van der Waals surface area (Å²) in [6.07, 6.45) is 5.11. The average molecular weight is 444 g/mol. The van der Waals surface area contributed by atoms with Gasteiger partial charge in [-0.05, 0) is 48.4 Å². The molecule has 3 N–H and O–H groups in total. The zero-order valence-corrected chi connectivity index (χ0v) is 18.5. The first-order valence-corrected chi connectivity index (χ1v) is 10.4. The topological polar surface area (TPSA) is 113 Å². The van der Waals surface area contributed by atoms with Gasteiger partial charge in [-0.1, -0.05) is 31.7 Å². The van der Waals surface area contributed by atoms with E-state index in [1.807, 2.05) is 25.1 Å². The number of benzene rings is 2. The Morgan fingerprint density at radius 1 is 0.939 bits per heavy atom. The zero-order chi connectivity index (χ0) is 23.8. The molecule has 3 rings (SSSR count). The molecule has 33 heavy (non-hydrogen) atoms. The highest BCUT2D eigenvalue weighted by molar-refractivity contribution is 6.06. The van der Waals surface area contributed by atoms with Crippen molar-refractivity contribution in [3.8, 4) is 0 Å². The molecular formula is C25H25N5O3. The first kappa shape index (κ1) is 23.3. The second kappa shape index (κ2) is 10.8. The Morgan fingerprint density at radius 2 is 1.67 bits per heavy atom. The number of aromatic nitrogens is 2. The van der Waals surface area contributed by atoms with Gasteiger partial charge in [-0.15, -0.1) is 0 Å². The van der Waals surface area contributed by atoms with Gasteiger partial charge in [0.25, 0.3) is 5.91 Å². The molecule has 0 aliphatic carbocycles. The maximum atomic E-state index is 12.7. The normalized spacial score (nSPS) is 10.2. The van der Waals surface area contributed by atoms with Gasteiger partial charge in [-0.3, -0.25) is 14.4 Å².